The molecule has 3 saturated carbocycles. The van der Waals surface area contributed by atoms with Crippen molar-refractivity contribution in [2.24, 2.45) is 17.3 Å². The predicted molar refractivity (Wildman–Crippen MR) is 135 cm³/mol. The molecular formula is C29H48O4. The molecule has 0 unspecified atom stereocenters. The van der Waals surface area contributed by atoms with Gasteiger partial charge in [-0.1, -0.05) is 50.6 Å². The normalized spacial score (nSPS) is 33.9. The van der Waals surface area contributed by atoms with Crippen molar-refractivity contribution in [2.45, 2.75) is 116 Å². The zero-order chi connectivity index (χ0) is 24.1. The van der Waals surface area contributed by atoms with Crippen LogP contribution in [-0.4, -0.2) is 46.3 Å². The summed E-state index contributed by atoms with van der Waals surface area (Å²) in [6.07, 6.45) is 14.8. The summed E-state index contributed by atoms with van der Waals surface area (Å²) in [6.45, 7) is 12.3. The van der Waals surface area contributed by atoms with E-state index >= 15 is 0 Å². The van der Waals surface area contributed by atoms with Crippen molar-refractivity contribution in [3.8, 4) is 0 Å². The van der Waals surface area contributed by atoms with Gasteiger partial charge in [0.25, 0.3) is 0 Å². The Morgan fingerprint density at radius 2 is 1.85 bits per heavy atom. The number of ether oxygens (including phenoxy) is 1. The van der Waals surface area contributed by atoms with Crippen molar-refractivity contribution >= 4 is 0 Å². The Bertz CT molecular complexity index is 707. The van der Waals surface area contributed by atoms with Crippen LogP contribution in [0.2, 0.25) is 0 Å². The SMILES string of the molecule is C=C(COCCCC(O)(CC)CC)[C@H]1CC[C@H]2/C(=C/C=C3C[C@@H](O)C[C@H](O)C3)CCC[C@]12C. The van der Waals surface area contributed by atoms with Crippen LogP contribution < -0.4 is 0 Å². The van der Waals surface area contributed by atoms with E-state index in [1.54, 1.807) is 5.57 Å². The highest BCUT2D eigenvalue weighted by Crippen LogP contribution is 2.59. The van der Waals surface area contributed by atoms with Gasteiger partial charge in [0.1, 0.15) is 0 Å². The molecule has 0 aliphatic heterocycles. The Balaban J connectivity index is 1.55. The summed E-state index contributed by atoms with van der Waals surface area (Å²) < 4.78 is 6.01. The fourth-order valence-electron chi connectivity index (χ4n) is 6.85. The van der Waals surface area contributed by atoms with Crippen LogP contribution in [0.3, 0.4) is 0 Å². The second-order valence-electron chi connectivity index (χ2n) is 11.3. The second-order valence-corrected chi connectivity index (χ2v) is 11.3. The number of hydrogen-bond acceptors (Lipinski definition) is 4. The smallest absolute Gasteiger partial charge is 0.0677 e. The molecule has 0 aromatic carbocycles. The van der Waals surface area contributed by atoms with Gasteiger partial charge in [-0.05, 0) is 99.9 Å². The van der Waals surface area contributed by atoms with Gasteiger partial charge in [0, 0.05) is 6.61 Å². The molecular weight excluding hydrogens is 412 g/mol. The van der Waals surface area contributed by atoms with Crippen molar-refractivity contribution in [3.63, 3.8) is 0 Å². The zero-order valence-electron chi connectivity index (χ0n) is 21.3. The van der Waals surface area contributed by atoms with Crippen molar-refractivity contribution in [2.75, 3.05) is 13.2 Å². The Kier molecular flexibility index (Phi) is 9.42. The molecule has 3 N–H and O–H groups in total. The first-order valence-electron chi connectivity index (χ1n) is 13.4. The maximum atomic E-state index is 10.4. The lowest BCUT2D eigenvalue weighted by Crippen LogP contribution is -2.34. The van der Waals surface area contributed by atoms with Crippen LogP contribution in [0.4, 0.5) is 0 Å². The third-order valence-corrected chi connectivity index (χ3v) is 9.06. The summed E-state index contributed by atoms with van der Waals surface area (Å²) in [5.74, 6) is 1.09. The molecule has 0 bridgehead atoms. The summed E-state index contributed by atoms with van der Waals surface area (Å²) in [6, 6.07) is 0. The van der Waals surface area contributed by atoms with Crippen molar-refractivity contribution in [1.29, 1.82) is 0 Å². The summed E-state index contributed by atoms with van der Waals surface area (Å²) in [5, 5.41) is 30.4. The lowest BCUT2D eigenvalue weighted by molar-refractivity contribution is 0.0128. The maximum Gasteiger partial charge on any atom is 0.0677 e. The first kappa shape index (κ1) is 26.7. The molecule has 3 fully saturated rings. The first-order valence-corrected chi connectivity index (χ1v) is 13.4. The Hall–Kier alpha value is -0.940. The average Bonchev–Trinajstić information content (AvgIpc) is 3.14. The lowest BCUT2D eigenvalue weighted by atomic mass is 9.62. The summed E-state index contributed by atoms with van der Waals surface area (Å²) in [7, 11) is 0. The Morgan fingerprint density at radius 3 is 2.52 bits per heavy atom. The molecule has 4 nitrogen and oxygen atoms in total. The number of fused-ring (bicyclic) bond motifs is 1. The third-order valence-electron chi connectivity index (χ3n) is 9.06. The molecule has 33 heavy (non-hydrogen) atoms. The van der Waals surface area contributed by atoms with E-state index in [2.05, 4.69) is 39.5 Å². The number of hydrogen-bond donors (Lipinski definition) is 3. The van der Waals surface area contributed by atoms with Gasteiger partial charge >= 0.3 is 0 Å². The van der Waals surface area contributed by atoms with Gasteiger partial charge in [0.2, 0.25) is 0 Å². The zero-order valence-corrected chi connectivity index (χ0v) is 21.3. The van der Waals surface area contributed by atoms with Gasteiger partial charge in [-0.3, -0.25) is 0 Å². The highest BCUT2D eigenvalue weighted by Gasteiger charge is 2.49. The van der Waals surface area contributed by atoms with Gasteiger partial charge in [-0.15, -0.1) is 0 Å². The molecule has 0 aromatic heterocycles. The minimum atomic E-state index is -0.541. The van der Waals surface area contributed by atoms with Crippen LogP contribution in [0, 0.1) is 17.3 Å². The van der Waals surface area contributed by atoms with Crippen LogP contribution in [0.15, 0.2) is 35.5 Å². The van der Waals surface area contributed by atoms with Gasteiger partial charge in [-0.2, -0.15) is 0 Å². The largest absolute Gasteiger partial charge is 0.393 e. The highest BCUT2D eigenvalue weighted by atomic mass is 16.5. The monoisotopic (exact) mass is 460 g/mol. The number of rotatable bonds is 10. The minimum Gasteiger partial charge on any atom is -0.393 e. The van der Waals surface area contributed by atoms with E-state index in [9.17, 15) is 15.3 Å². The van der Waals surface area contributed by atoms with Crippen molar-refractivity contribution in [1.82, 2.24) is 0 Å². The summed E-state index contributed by atoms with van der Waals surface area (Å²) in [4.78, 5) is 0. The van der Waals surface area contributed by atoms with Gasteiger partial charge in [0.15, 0.2) is 0 Å². The van der Waals surface area contributed by atoms with Crippen LogP contribution >= 0.6 is 0 Å². The van der Waals surface area contributed by atoms with E-state index in [1.165, 1.54) is 36.8 Å². The first-order chi connectivity index (χ1) is 15.7. The molecule has 0 heterocycles. The Morgan fingerprint density at radius 1 is 1.15 bits per heavy atom. The summed E-state index contributed by atoms with van der Waals surface area (Å²) in [5.41, 5.74) is 3.66. The van der Waals surface area contributed by atoms with E-state index < -0.39 is 17.8 Å². The average molecular weight is 461 g/mol. The highest BCUT2D eigenvalue weighted by molar-refractivity contribution is 5.28. The number of aliphatic hydroxyl groups excluding tert-OH is 2. The standard InChI is InChI=1S/C29H48O4/c1-5-29(32,6-2)15-8-16-33-20-21(3)26-12-13-27-23(9-7-14-28(26,27)4)11-10-22-17-24(30)19-25(31)18-22/h10-11,24-27,30-32H,3,5-9,12-20H2,1-2,4H3/b23-11+/t24-,25-,26-,27+,28-/m1/s1. The van der Waals surface area contributed by atoms with E-state index in [0.29, 0.717) is 44.3 Å². The molecule has 0 radical (unpaired) electrons. The molecule has 3 aliphatic rings. The number of aliphatic hydroxyl groups is 3. The van der Waals surface area contributed by atoms with Crippen LogP contribution in [-0.2, 0) is 4.74 Å². The molecule has 4 heteroatoms. The Labute approximate surface area is 201 Å². The molecule has 188 valence electrons. The molecule has 0 aromatic rings. The molecule has 0 spiro atoms. The third kappa shape index (κ3) is 6.60. The van der Waals surface area contributed by atoms with Gasteiger partial charge in [0.05, 0.1) is 24.4 Å². The lowest BCUT2D eigenvalue weighted by Gasteiger charge is -2.43. The molecule has 3 aliphatic carbocycles. The predicted octanol–water partition coefficient (Wildman–Crippen LogP) is 5.87. The molecule has 5 atom stereocenters. The van der Waals surface area contributed by atoms with Crippen molar-refractivity contribution in [3.05, 3.63) is 35.5 Å². The van der Waals surface area contributed by atoms with E-state index in [0.717, 1.165) is 32.1 Å². The van der Waals surface area contributed by atoms with Crippen LogP contribution in [0.25, 0.3) is 0 Å². The second kappa shape index (κ2) is 11.7. The van der Waals surface area contributed by atoms with Gasteiger partial charge < -0.3 is 20.1 Å². The van der Waals surface area contributed by atoms with E-state index in [1.807, 2.05) is 0 Å². The fourth-order valence-corrected chi connectivity index (χ4v) is 6.85. The quantitative estimate of drug-likeness (QED) is 0.282. The topological polar surface area (TPSA) is 69.9 Å². The molecule has 3 rings (SSSR count). The fraction of sp³-hybridized carbons (Fsp3) is 0.793. The van der Waals surface area contributed by atoms with E-state index in [4.69, 9.17) is 4.74 Å². The van der Waals surface area contributed by atoms with Crippen molar-refractivity contribution < 1.29 is 20.1 Å². The van der Waals surface area contributed by atoms with E-state index in [-0.39, 0.29) is 5.41 Å². The van der Waals surface area contributed by atoms with Crippen LogP contribution in [0.5, 0.6) is 0 Å². The number of allylic oxidation sites excluding steroid dienone is 3. The minimum absolute atomic E-state index is 0.249. The van der Waals surface area contributed by atoms with Crippen LogP contribution in [0.1, 0.15) is 97.8 Å². The molecule has 0 amide bonds. The maximum absolute atomic E-state index is 10.4. The molecule has 0 saturated heterocycles. The van der Waals surface area contributed by atoms with Gasteiger partial charge in [-0.25, -0.2) is 0 Å². The summed E-state index contributed by atoms with van der Waals surface area (Å²) >= 11 is 0.